The van der Waals surface area contributed by atoms with Gasteiger partial charge in [0.15, 0.2) is 6.61 Å². The second-order valence-electron chi connectivity index (χ2n) is 5.11. The summed E-state index contributed by atoms with van der Waals surface area (Å²) in [6.45, 7) is 0.226. The lowest BCUT2D eigenvalue weighted by Crippen LogP contribution is -2.30. The molecule has 2 N–H and O–H groups in total. The smallest absolute Gasteiger partial charge is 0.262 e. The Hall–Kier alpha value is -2.89. The molecule has 0 fully saturated rings. The number of nitrogens with one attached hydrogen (secondary N) is 2. The van der Waals surface area contributed by atoms with Crippen LogP contribution in [0, 0.1) is 5.82 Å². The second-order valence-corrected chi connectivity index (χ2v) is 5.11. The zero-order valence-electron chi connectivity index (χ0n) is 12.3. The van der Waals surface area contributed by atoms with Crippen molar-refractivity contribution in [2.75, 3.05) is 18.5 Å². The number of carbonyl (C=O) groups is 2. The number of amides is 2. The molecule has 23 heavy (non-hydrogen) atoms. The number of fused-ring (bicyclic) bond motifs is 1. The van der Waals surface area contributed by atoms with Crippen LogP contribution < -0.4 is 15.4 Å². The van der Waals surface area contributed by atoms with E-state index in [1.54, 1.807) is 36.4 Å². The van der Waals surface area contributed by atoms with Crippen LogP contribution in [-0.2, 0) is 11.2 Å². The van der Waals surface area contributed by atoms with E-state index in [2.05, 4.69) is 10.6 Å². The summed E-state index contributed by atoms with van der Waals surface area (Å²) in [7, 11) is 0. The highest BCUT2D eigenvalue weighted by atomic mass is 19.1. The van der Waals surface area contributed by atoms with Crippen LogP contribution in [-0.4, -0.2) is 25.0 Å². The highest BCUT2D eigenvalue weighted by Crippen LogP contribution is 2.30. The molecule has 6 heteroatoms. The number of ether oxygens (including phenoxy) is 1. The lowest BCUT2D eigenvalue weighted by Gasteiger charge is -2.20. The Morgan fingerprint density at radius 2 is 2.04 bits per heavy atom. The molecule has 0 bridgehead atoms. The maximum Gasteiger partial charge on any atom is 0.262 e. The number of para-hydroxylation sites is 1. The Morgan fingerprint density at radius 3 is 2.87 bits per heavy atom. The number of rotatable bonds is 4. The number of carbonyl (C=O) groups excluding carboxylic acids is 2. The third-order valence-electron chi connectivity index (χ3n) is 3.53. The predicted molar refractivity (Wildman–Crippen MR) is 83.0 cm³/mol. The van der Waals surface area contributed by atoms with Gasteiger partial charge in [0.25, 0.3) is 11.8 Å². The van der Waals surface area contributed by atoms with E-state index >= 15 is 0 Å². The van der Waals surface area contributed by atoms with Gasteiger partial charge in [0.05, 0.1) is 11.3 Å². The number of hydrogen-bond acceptors (Lipinski definition) is 3. The number of benzene rings is 2. The monoisotopic (exact) mass is 314 g/mol. The zero-order valence-corrected chi connectivity index (χ0v) is 12.3. The molecule has 2 aromatic carbocycles. The molecular weight excluding hydrogens is 299 g/mol. The molecule has 2 amide bonds. The third kappa shape index (κ3) is 3.31. The minimum atomic E-state index is -0.344. The van der Waals surface area contributed by atoms with E-state index in [0.29, 0.717) is 29.0 Å². The standard InChI is InChI=1S/C17H15FN2O3/c18-13-6-2-1-4-11(13)8-9-19-17(22)12-5-3-7-14-16(12)20-15(21)10-23-14/h1-7H,8-10H2,(H,19,22)(H,20,21). The Bertz CT molecular complexity index is 761. The fraction of sp³-hybridized carbons (Fsp3) is 0.176. The molecule has 0 aliphatic carbocycles. The maximum atomic E-state index is 13.5. The van der Waals surface area contributed by atoms with E-state index in [0.717, 1.165) is 0 Å². The van der Waals surface area contributed by atoms with E-state index in [1.165, 1.54) is 6.07 Å². The van der Waals surface area contributed by atoms with Gasteiger partial charge in [-0.1, -0.05) is 24.3 Å². The zero-order chi connectivity index (χ0) is 16.2. The molecule has 1 heterocycles. The van der Waals surface area contributed by atoms with Crippen molar-refractivity contribution >= 4 is 17.5 Å². The predicted octanol–water partition coefficient (Wildman–Crippen LogP) is 2.13. The molecule has 0 spiro atoms. The SMILES string of the molecule is O=C1COc2cccc(C(=O)NCCc3ccccc3F)c2N1. The van der Waals surface area contributed by atoms with Crippen molar-refractivity contribution < 1.29 is 18.7 Å². The molecule has 0 unspecified atom stereocenters. The van der Waals surface area contributed by atoms with E-state index in [4.69, 9.17) is 4.74 Å². The molecule has 2 aromatic rings. The number of anilines is 1. The van der Waals surface area contributed by atoms with Crippen LogP contribution in [0.5, 0.6) is 5.75 Å². The minimum absolute atomic E-state index is 0.0641. The highest BCUT2D eigenvalue weighted by Gasteiger charge is 2.22. The first kappa shape index (κ1) is 15.0. The average Bonchev–Trinajstić information content (AvgIpc) is 2.56. The Kier molecular flexibility index (Phi) is 4.23. The van der Waals surface area contributed by atoms with Crippen LogP contribution in [0.4, 0.5) is 10.1 Å². The fourth-order valence-corrected chi connectivity index (χ4v) is 2.40. The molecule has 5 nitrogen and oxygen atoms in total. The maximum absolute atomic E-state index is 13.5. The van der Waals surface area contributed by atoms with Gasteiger partial charge in [0.1, 0.15) is 11.6 Å². The number of halogens is 1. The Labute approximate surface area is 132 Å². The van der Waals surface area contributed by atoms with Crippen LogP contribution in [0.15, 0.2) is 42.5 Å². The topological polar surface area (TPSA) is 67.4 Å². The summed E-state index contributed by atoms with van der Waals surface area (Å²) in [4.78, 5) is 23.7. The van der Waals surface area contributed by atoms with Gasteiger partial charge in [-0.3, -0.25) is 9.59 Å². The van der Waals surface area contributed by atoms with Crippen molar-refractivity contribution in [3.05, 3.63) is 59.4 Å². The van der Waals surface area contributed by atoms with Crippen molar-refractivity contribution in [3.63, 3.8) is 0 Å². The molecule has 0 atom stereocenters. The van der Waals surface area contributed by atoms with Crippen molar-refractivity contribution in [3.8, 4) is 5.75 Å². The van der Waals surface area contributed by atoms with Crippen molar-refractivity contribution in [1.29, 1.82) is 0 Å². The van der Waals surface area contributed by atoms with Gasteiger partial charge >= 0.3 is 0 Å². The first-order valence-corrected chi connectivity index (χ1v) is 7.22. The van der Waals surface area contributed by atoms with Gasteiger partial charge < -0.3 is 15.4 Å². The fourth-order valence-electron chi connectivity index (χ4n) is 2.40. The van der Waals surface area contributed by atoms with E-state index in [1.807, 2.05) is 0 Å². The van der Waals surface area contributed by atoms with Gasteiger partial charge in [0.2, 0.25) is 0 Å². The Morgan fingerprint density at radius 1 is 1.22 bits per heavy atom. The Balaban J connectivity index is 1.67. The molecule has 1 aliphatic heterocycles. The van der Waals surface area contributed by atoms with Gasteiger partial charge in [-0.2, -0.15) is 0 Å². The minimum Gasteiger partial charge on any atom is -0.482 e. The van der Waals surface area contributed by atoms with Crippen molar-refractivity contribution in [2.24, 2.45) is 0 Å². The molecule has 118 valence electrons. The van der Waals surface area contributed by atoms with Gasteiger partial charge in [-0.25, -0.2) is 4.39 Å². The van der Waals surface area contributed by atoms with E-state index in [9.17, 15) is 14.0 Å². The van der Waals surface area contributed by atoms with Crippen molar-refractivity contribution in [1.82, 2.24) is 5.32 Å². The molecule has 0 saturated heterocycles. The average molecular weight is 314 g/mol. The summed E-state index contributed by atoms with van der Waals surface area (Å²) in [5.41, 5.74) is 1.23. The first-order valence-electron chi connectivity index (χ1n) is 7.22. The first-order chi connectivity index (χ1) is 11.1. The summed E-state index contributed by atoms with van der Waals surface area (Å²) in [6, 6.07) is 11.4. The number of hydrogen-bond donors (Lipinski definition) is 2. The molecule has 0 saturated carbocycles. The van der Waals surface area contributed by atoms with Crippen LogP contribution >= 0.6 is 0 Å². The van der Waals surface area contributed by atoms with Crippen LogP contribution in [0.25, 0.3) is 0 Å². The van der Waals surface area contributed by atoms with Crippen LogP contribution in [0.2, 0.25) is 0 Å². The lowest BCUT2D eigenvalue weighted by molar-refractivity contribution is -0.118. The van der Waals surface area contributed by atoms with E-state index in [-0.39, 0.29) is 30.8 Å². The third-order valence-corrected chi connectivity index (χ3v) is 3.53. The normalized spacial score (nSPS) is 12.8. The van der Waals surface area contributed by atoms with Gasteiger partial charge in [0, 0.05) is 6.54 Å². The molecule has 0 aromatic heterocycles. The van der Waals surface area contributed by atoms with Crippen LogP contribution in [0.3, 0.4) is 0 Å². The summed E-state index contributed by atoms with van der Waals surface area (Å²) >= 11 is 0. The van der Waals surface area contributed by atoms with Crippen LogP contribution in [0.1, 0.15) is 15.9 Å². The van der Waals surface area contributed by atoms with Gasteiger partial charge in [-0.15, -0.1) is 0 Å². The summed E-state index contributed by atoms with van der Waals surface area (Å²) in [6.07, 6.45) is 0.385. The summed E-state index contributed by atoms with van der Waals surface area (Å²) < 4.78 is 18.8. The molecule has 0 radical (unpaired) electrons. The second kappa shape index (κ2) is 6.48. The quantitative estimate of drug-likeness (QED) is 0.908. The summed E-state index contributed by atoms with van der Waals surface area (Å²) in [5.74, 6) is -0.473. The molecular formula is C17H15FN2O3. The lowest BCUT2D eigenvalue weighted by atomic mass is 10.1. The molecule has 3 rings (SSSR count). The molecule has 1 aliphatic rings. The summed E-state index contributed by atoms with van der Waals surface area (Å²) in [5, 5.41) is 5.37. The largest absolute Gasteiger partial charge is 0.482 e. The van der Waals surface area contributed by atoms with E-state index < -0.39 is 0 Å². The van der Waals surface area contributed by atoms with Gasteiger partial charge in [-0.05, 0) is 30.2 Å². The highest BCUT2D eigenvalue weighted by molar-refractivity contribution is 6.06. The van der Waals surface area contributed by atoms with Crippen molar-refractivity contribution in [2.45, 2.75) is 6.42 Å².